The summed E-state index contributed by atoms with van der Waals surface area (Å²) in [4.78, 5) is 28.3. The van der Waals surface area contributed by atoms with E-state index in [1.807, 2.05) is 33.0 Å². The van der Waals surface area contributed by atoms with Gasteiger partial charge in [0.2, 0.25) is 0 Å². The Labute approximate surface area is 229 Å². The number of nitrogens with zero attached hydrogens (tertiary/aromatic N) is 6. The normalized spacial score (nSPS) is 17.8. The van der Waals surface area contributed by atoms with Gasteiger partial charge in [0.05, 0.1) is 42.2 Å². The van der Waals surface area contributed by atoms with Gasteiger partial charge in [0, 0.05) is 57.6 Å². The molecule has 1 amide bonds. The molecule has 6 rings (SSSR count). The Bertz CT molecular complexity index is 1320. The summed E-state index contributed by atoms with van der Waals surface area (Å²) in [5.41, 5.74) is 4.52. The number of imidazole rings is 1. The first-order chi connectivity index (χ1) is 18.8. The number of morpholine rings is 1. The summed E-state index contributed by atoms with van der Waals surface area (Å²) in [6.07, 6.45) is 3.79. The van der Waals surface area contributed by atoms with Crippen molar-refractivity contribution in [2.24, 2.45) is 0 Å². The van der Waals surface area contributed by atoms with Gasteiger partial charge in [0.25, 0.3) is 0 Å². The highest BCUT2D eigenvalue weighted by molar-refractivity contribution is 5.69. The highest BCUT2D eigenvalue weighted by Crippen LogP contribution is 2.34. The van der Waals surface area contributed by atoms with E-state index in [0.717, 1.165) is 85.8 Å². The molecule has 3 aliphatic heterocycles. The number of anilines is 1. The first-order valence-corrected chi connectivity index (χ1v) is 13.7. The van der Waals surface area contributed by atoms with Crippen molar-refractivity contribution in [3.63, 3.8) is 0 Å². The molecule has 0 radical (unpaired) electrons. The largest absolute Gasteiger partial charge is 0.483 e. The lowest BCUT2D eigenvalue weighted by Crippen LogP contribution is -2.50. The molecule has 1 aromatic carbocycles. The Kier molecular flexibility index (Phi) is 6.90. The molecule has 0 aliphatic carbocycles. The Balaban J connectivity index is 1.11. The average Bonchev–Trinajstić information content (AvgIpc) is 3.35. The molecule has 0 N–H and O–H groups in total. The van der Waals surface area contributed by atoms with Gasteiger partial charge in [-0.1, -0.05) is 6.07 Å². The van der Waals surface area contributed by atoms with E-state index in [9.17, 15) is 4.79 Å². The lowest BCUT2D eigenvalue weighted by molar-refractivity contribution is 0.0240. The third kappa shape index (κ3) is 5.72. The maximum atomic E-state index is 12.4. The van der Waals surface area contributed by atoms with Crippen LogP contribution < -0.4 is 9.64 Å². The van der Waals surface area contributed by atoms with Crippen molar-refractivity contribution in [2.75, 3.05) is 57.4 Å². The summed E-state index contributed by atoms with van der Waals surface area (Å²) in [5.74, 6) is 1.76. The molecule has 10 nitrogen and oxygen atoms in total. The number of rotatable bonds is 4. The smallest absolute Gasteiger partial charge is 0.410 e. The van der Waals surface area contributed by atoms with Gasteiger partial charge in [-0.25, -0.2) is 9.78 Å². The number of benzene rings is 1. The molecule has 2 saturated heterocycles. The van der Waals surface area contributed by atoms with E-state index in [1.54, 1.807) is 4.90 Å². The van der Waals surface area contributed by atoms with Crippen LogP contribution in [0.1, 0.15) is 32.3 Å². The molecule has 206 valence electrons. The second kappa shape index (κ2) is 10.5. The van der Waals surface area contributed by atoms with Crippen LogP contribution in [0.5, 0.6) is 5.75 Å². The van der Waals surface area contributed by atoms with Crippen molar-refractivity contribution >= 4 is 11.8 Å². The van der Waals surface area contributed by atoms with Crippen LogP contribution in [-0.2, 0) is 22.6 Å². The molecule has 2 aromatic heterocycles. The Morgan fingerprint density at radius 2 is 1.82 bits per heavy atom. The standard InChI is InChI=1S/C29H36N6O4/c1-29(2,3)39-28(36)34-10-8-33(9-11-34)23-5-6-24(30-17-23)21-4-7-25-26(16-21)38-20-27-31-22(19-35(25)27)18-32-12-14-37-15-13-32/h4-7,16-17,19H,8-15,18,20H2,1-3H3. The van der Waals surface area contributed by atoms with Crippen LogP contribution in [0, 0.1) is 0 Å². The topological polar surface area (TPSA) is 85.2 Å². The van der Waals surface area contributed by atoms with Gasteiger partial charge in [-0.2, -0.15) is 0 Å². The summed E-state index contributed by atoms with van der Waals surface area (Å²) in [5, 5.41) is 0. The summed E-state index contributed by atoms with van der Waals surface area (Å²) < 4.78 is 19.2. The van der Waals surface area contributed by atoms with E-state index in [2.05, 4.69) is 44.8 Å². The van der Waals surface area contributed by atoms with E-state index in [0.29, 0.717) is 19.7 Å². The summed E-state index contributed by atoms with van der Waals surface area (Å²) in [6, 6.07) is 10.4. The maximum Gasteiger partial charge on any atom is 0.410 e. The molecule has 0 spiro atoms. The fourth-order valence-electron chi connectivity index (χ4n) is 5.19. The fourth-order valence-corrected chi connectivity index (χ4v) is 5.19. The van der Waals surface area contributed by atoms with E-state index in [1.165, 1.54) is 0 Å². The number of aromatic nitrogens is 3. The first kappa shape index (κ1) is 25.6. The van der Waals surface area contributed by atoms with Crippen LogP contribution in [0.15, 0.2) is 42.7 Å². The molecule has 10 heteroatoms. The van der Waals surface area contributed by atoms with Gasteiger partial charge in [0.15, 0.2) is 5.82 Å². The molecule has 3 aromatic rings. The predicted octanol–water partition coefficient (Wildman–Crippen LogP) is 3.72. The highest BCUT2D eigenvalue weighted by Gasteiger charge is 2.26. The zero-order valence-electron chi connectivity index (χ0n) is 22.9. The zero-order chi connectivity index (χ0) is 27.0. The van der Waals surface area contributed by atoms with Gasteiger partial charge in [-0.3, -0.25) is 14.5 Å². The van der Waals surface area contributed by atoms with Crippen LogP contribution >= 0.6 is 0 Å². The number of pyridine rings is 1. The average molecular weight is 533 g/mol. The van der Waals surface area contributed by atoms with Gasteiger partial charge in [0.1, 0.15) is 18.0 Å². The number of hydrogen-bond donors (Lipinski definition) is 0. The lowest BCUT2D eigenvalue weighted by Gasteiger charge is -2.36. The molecule has 3 aliphatic rings. The molecule has 0 saturated carbocycles. The van der Waals surface area contributed by atoms with Crippen LogP contribution in [-0.4, -0.2) is 88.5 Å². The zero-order valence-corrected chi connectivity index (χ0v) is 22.9. The third-order valence-corrected chi connectivity index (χ3v) is 7.23. The minimum absolute atomic E-state index is 0.249. The van der Waals surface area contributed by atoms with Crippen molar-refractivity contribution in [1.29, 1.82) is 0 Å². The molecule has 0 unspecified atom stereocenters. The van der Waals surface area contributed by atoms with E-state index >= 15 is 0 Å². The predicted molar refractivity (Wildman–Crippen MR) is 147 cm³/mol. The fraction of sp³-hybridized carbons (Fsp3) is 0.483. The Morgan fingerprint density at radius 1 is 1.03 bits per heavy atom. The molecular weight excluding hydrogens is 496 g/mol. The van der Waals surface area contributed by atoms with Gasteiger partial charge < -0.3 is 24.0 Å². The number of amides is 1. The monoisotopic (exact) mass is 532 g/mol. The molecule has 0 bridgehead atoms. The molecular formula is C29H36N6O4. The maximum absolute atomic E-state index is 12.4. The minimum atomic E-state index is -0.483. The number of carbonyl (C=O) groups is 1. The second-order valence-electron chi connectivity index (χ2n) is 11.2. The molecule has 5 heterocycles. The van der Waals surface area contributed by atoms with Crippen molar-refractivity contribution in [3.8, 4) is 22.7 Å². The lowest BCUT2D eigenvalue weighted by atomic mass is 10.1. The van der Waals surface area contributed by atoms with Crippen molar-refractivity contribution in [1.82, 2.24) is 24.3 Å². The van der Waals surface area contributed by atoms with Gasteiger partial charge in [-0.15, -0.1) is 0 Å². The summed E-state index contributed by atoms with van der Waals surface area (Å²) >= 11 is 0. The number of ether oxygens (including phenoxy) is 3. The number of carbonyl (C=O) groups excluding carboxylic acids is 1. The van der Waals surface area contributed by atoms with Crippen molar-refractivity contribution < 1.29 is 19.0 Å². The van der Waals surface area contributed by atoms with E-state index in [-0.39, 0.29) is 6.09 Å². The first-order valence-electron chi connectivity index (χ1n) is 13.7. The van der Waals surface area contributed by atoms with Crippen molar-refractivity contribution in [2.45, 2.75) is 39.5 Å². The third-order valence-electron chi connectivity index (χ3n) is 7.23. The molecule has 0 atom stereocenters. The van der Waals surface area contributed by atoms with E-state index < -0.39 is 5.60 Å². The molecule has 39 heavy (non-hydrogen) atoms. The van der Waals surface area contributed by atoms with E-state index in [4.69, 9.17) is 24.2 Å². The summed E-state index contributed by atoms with van der Waals surface area (Å²) in [6.45, 7) is 13.1. The van der Waals surface area contributed by atoms with Crippen LogP contribution in [0.4, 0.5) is 10.5 Å². The van der Waals surface area contributed by atoms with Crippen LogP contribution in [0.25, 0.3) is 16.9 Å². The minimum Gasteiger partial charge on any atom is -0.483 e. The quantitative estimate of drug-likeness (QED) is 0.503. The Hall–Kier alpha value is -3.63. The van der Waals surface area contributed by atoms with Crippen molar-refractivity contribution in [3.05, 3.63) is 54.2 Å². The summed E-state index contributed by atoms with van der Waals surface area (Å²) in [7, 11) is 0. The highest BCUT2D eigenvalue weighted by atomic mass is 16.6. The van der Waals surface area contributed by atoms with Crippen LogP contribution in [0.3, 0.4) is 0 Å². The Morgan fingerprint density at radius 3 is 2.54 bits per heavy atom. The number of piperazine rings is 1. The van der Waals surface area contributed by atoms with Gasteiger partial charge >= 0.3 is 6.09 Å². The number of hydrogen-bond acceptors (Lipinski definition) is 8. The SMILES string of the molecule is CC(C)(C)OC(=O)N1CCN(c2ccc(-c3ccc4c(c3)OCc3nc(CN5CCOCC5)cn3-4)nc2)CC1. The van der Waals surface area contributed by atoms with Gasteiger partial charge in [-0.05, 0) is 45.0 Å². The second-order valence-corrected chi connectivity index (χ2v) is 11.2. The van der Waals surface area contributed by atoms with Crippen LogP contribution in [0.2, 0.25) is 0 Å². The number of fused-ring (bicyclic) bond motifs is 3. The molecule has 2 fully saturated rings.